The summed E-state index contributed by atoms with van der Waals surface area (Å²) in [5, 5.41) is 6.41. The Morgan fingerprint density at radius 3 is 2.86 bits per heavy atom. The summed E-state index contributed by atoms with van der Waals surface area (Å²) < 4.78 is 5.68. The number of hydrogen-bond acceptors (Lipinski definition) is 5. The number of aromatic nitrogens is 1. The second-order valence-corrected chi connectivity index (χ2v) is 6.97. The molecule has 3 rings (SSSR count). The molecule has 0 aliphatic carbocycles. The van der Waals surface area contributed by atoms with E-state index >= 15 is 0 Å². The predicted octanol–water partition coefficient (Wildman–Crippen LogP) is 1.86. The fraction of sp³-hybridized carbons (Fsp3) is 0.733. The number of rotatable bonds is 2. The van der Waals surface area contributed by atoms with E-state index in [1.54, 1.807) is 11.3 Å². The van der Waals surface area contributed by atoms with Crippen molar-refractivity contribution in [2.75, 3.05) is 26.2 Å². The molecule has 116 valence electrons. The van der Waals surface area contributed by atoms with Crippen molar-refractivity contribution in [1.82, 2.24) is 15.2 Å². The number of morpholine rings is 1. The van der Waals surface area contributed by atoms with Gasteiger partial charge < -0.3 is 15.0 Å². The zero-order chi connectivity index (χ0) is 14.8. The number of thiazole rings is 1. The molecule has 2 aliphatic heterocycles. The van der Waals surface area contributed by atoms with Crippen LogP contribution in [-0.2, 0) is 4.74 Å². The van der Waals surface area contributed by atoms with Crippen LogP contribution in [0.2, 0.25) is 0 Å². The summed E-state index contributed by atoms with van der Waals surface area (Å²) >= 11 is 1.62. The predicted molar refractivity (Wildman–Crippen MR) is 82.9 cm³/mol. The summed E-state index contributed by atoms with van der Waals surface area (Å²) in [6.07, 6.45) is 2.54. The minimum atomic E-state index is 0.0447. The number of ether oxygens (including phenoxy) is 1. The normalized spacial score (nSPS) is 30.4. The average molecular weight is 309 g/mol. The molecule has 5 nitrogen and oxygen atoms in total. The Balaban J connectivity index is 1.68. The van der Waals surface area contributed by atoms with Crippen molar-refractivity contribution < 1.29 is 9.53 Å². The van der Waals surface area contributed by atoms with Gasteiger partial charge in [0.25, 0.3) is 5.91 Å². The average Bonchev–Trinajstić information content (AvgIpc) is 2.96. The molecule has 2 fully saturated rings. The molecular weight excluding hydrogens is 286 g/mol. The van der Waals surface area contributed by atoms with Crippen molar-refractivity contribution in [2.24, 2.45) is 0 Å². The molecule has 0 spiro atoms. The van der Waals surface area contributed by atoms with Gasteiger partial charge in [0.2, 0.25) is 0 Å². The van der Waals surface area contributed by atoms with Crippen LogP contribution in [-0.4, -0.2) is 54.2 Å². The molecule has 2 saturated heterocycles. The number of carbonyl (C=O) groups is 1. The molecule has 1 aromatic rings. The van der Waals surface area contributed by atoms with E-state index in [1.807, 2.05) is 24.1 Å². The monoisotopic (exact) mass is 309 g/mol. The Hall–Kier alpha value is -0.980. The summed E-state index contributed by atoms with van der Waals surface area (Å²) in [5.74, 6) is 0.510. The molecule has 0 saturated carbocycles. The molecule has 1 amide bonds. The first-order valence-corrected chi connectivity index (χ1v) is 8.62. The third kappa shape index (κ3) is 3.44. The van der Waals surface area contributed by atoms with E-state index in [9.17, 15) is 4.79 Å². The third-order valence-corrected chi connectivity index (χ3v) is 5.10. The number of piperidine rings is 1. The second-order valence-electron chi connectivity index (χ2n) is 6.08. The van der Waals surface area contributed by atoms with Gasteiger partial charge in [-0.2, -0.15) is 0 Å². The Morgan fingerprint density at radius 2 is 2.19 bits per heavy atom. The highest BCUT2D eigenvalue weighted by atomic mass is 32.1. The van der Waals surface area contributed by atoms with Crippen LogP contribution in [0.5, 0.6) is 0 Å². The molecular formula is C15H23N3O2S. The lowest BCUT2D eigenvalue weighted by atomic mass is 10.0. The van der Waals surface area contributed by atoms with Gasteiger partial charge in [-0.05, 0) is 33.2 Å². The van der Waals surface area contributed by atoms with Gasteiger partial charge >= 0.3 is 0 Å². The minimum absolute atomic E-state index is 0.0447. The molecule has 2 aliphatic rings. The lowest BCUT2D eigenvalue weighted by Crippen LogP contribution is -2.48. The van der Waals surface area contributed by atoms with Crippen molar-refractivity contribution in [2.45, 2.75) is 44.8 Å². The van der Waals surface area contributed by atoms with Crippen LogP contribution < -0.4 is 5.32 Å². The zero-order valence-corrected chi connectivity index (χ0v) is 13.5. The van der Waals surface area contributed by atoms with Crippen molar-refractivity contribution in [3.8, 4) is 0 Å². The van der Waals surface area contributed by atoms with Crippen LogP contribution in [0.3, 0.4) is 0 Å². The summed E-state index contributed by atoms with van der Waals surface area (Å²) in [5.41, 5.74) is 0.599. The maximum Gasteiger partial charge on any atom is 0.273 e. The number of hydrogen-bond donors (Lipinski definition) is 1. The van der Waals surface area contributed by atoms with Gasteiger partial charge in [-0.25, -0.2) is 4.98 Å². The topological polar surface area (TPSA) is 54.5 Å². The number of carbonyl (C=O) groups excluding carboxylic acids is 1. The van der Waals surface area contributed by atoms with Gasteiger partial charge in [-0.1, -0.05) is 0 Å². The first-order chi connectivity index (χ1) is 10.1. The van der Waals surface area contributed by atoms with Crippen LogP contribution in [0.25, 0.3) is 0 Å². The quantitative estimate of drug-likeness (QED) is 0.906. The molecule has 6 heteroatoms. The van der Waals surface area contributed by atoms with E-state index in [0.29, 0.717) is 24.7 Å². The Morgan fingerprint density at radius 1 is 1.43 bits per heavy atom. The third-order valence-electron chi connectivity index (χ3n) is 4.09. The minimum Gasteiger partial charge on any atom is -0.372 e. The maximum absolute atomic E-state index is 12.6. The summed E-state index contributed by atoms with van der Waals surface area (Å²) in [6.45, 7) is 7.40. The van der Waals surface area contributed by atoms with E-state index in [2.05, 4.69) is 10.3 Å². The highest BCUT2D eigenvalue weighted by molar-refractivity contribution is 7.09. The molecule has 21 heavy (non-hydrogen) atoms. The number of nitrogens with one attached hydrogen (secondary N) is 1. The Kier molecular flexibility index (Phi) is 4.57. The first kappa shape index (κ1) is 14.9. The van der Waals surface area contributed by atoms with Crippen LogP contribution in [0.4, 0.5) is 0 Å². The molecule has 3 atom stereocenters. The molecule has 3 heterocycles. The molecule has 0 radical (unpaired) electrons. The summed E-state index contributed by atoms with van der Waals surface area (Å²) in [6, 6.07) is 0. The van der Waals surface area contributed by atoms with E-state index in [-0.39, 0.29) is 18.1 Å². The van der Waals surface area contributed by atoms with E-state index in [0.717, 1.165) is 18.1 Å². The van der Waals surface area contributed by atoms with Crippen LogP contribution >= 0.6 is 11.3 Å². The molecule has 0 bridgehead atoms. The molecule has 1 aromatic heterocycles. The fourth-order valence-corrected chi connectivity index (χ4v) is 4.07. The van der Waals surface area contributed by atoms with Gasteiger partial charge in [-0.15, -0.1) is 11.3 Å². The molecule has 0 aromatic carbocycles. The van der Waals surface area contributed by atoms with E-state index < -0.39 is 0 Å². The lowest BCUT2D eigenvalue weighted by Gasteiger charge is -2.34. The Bertz CT molecular complexity index is 489. The van der Waals surface area contributed by atoms with E-state index in [4.69, 9.17) is 4.74 Å². The van der Waals surface area contributed by atoms with Gasteiger partial charge in [-0.3, -0.25) is 4.79 Å². The van der Waals surface area contributed by atoms with Crippen LogP contribution in [0, 0.1) is 0 Å². The number of nitrogens with zero attached hydrogens (tertiary/aromatic N) is 2. The van der Waals surface area contributed by atoms with Crippen molar-refractivity contribution >= 4 is 17.2 Å². The largest absolute Gasteiger partial charge is 0.372 e. The highest BCUT2D eigenvalue weighted by Gasteiger charge is 2.28. The maximum atomic E-state index is 12.6. The van der Waals surface area contributed by atoms with Crippen molar-refractivity contribution in [1.29, 1.82) is 0 Å². The molecule has 3 unspecified atom stereocenters. The van der Waals surface area contributed by atoms with Gasteiger partial charge in [0.15, 0.2) is 0 Å². The summed E-state index contributed by atoms with van der Waals surface area (Å²) in [7, 11) is 0. The zero-order valence-electron chi connectivity index (χ0n) is 12.7. The van der Waals surface area contributed by atoms with Crippen LogP contribution in [0.15, 0.2) is 5.38 Å². The van der Waals surface area contributed by atoms with Gasteiger partial charge in [0, 0.05) is 30.9 Å². The Labute approximate surface area is 129 Å². The lowest BCUT2D eigenvalue weighted by molar-refractivity contribution is -0.0587. The van der Waals surface area contributed by atoms with Gasteiger partial charge in [0.1, 0.15) is 5.69 Å². The van der Waals surface area contributed by atoms with E-state index in [1.165, 1.54) is 12.8 Å². The first-order valence-electron chi connectivity index (χ1n) is 7.74. The summed E-state index contributed by atoms with van der Waals surface area (Å²) in [4.78, 5) is 19.1. The fourth-order valence-electron chi connectivity index (χ4n) is 3.14. The number of amides is 1. The van der Waals surface area contributed by atoms with Crippen molar-refractivity contribution in [3.05, 3.63) is 16.1 Å². The standard InChI is InChI=1S/C15H23N3O2S/c1-10-7-18(8-11(2)20-10)15(19)13-9-21-14(17-13)12-4-3-5-16-6-12/h9-12,16H,3-8H2,1-2H3. The van der Waals surface area contributed by atoms with Crippen LogP contribution in [0.1, 0.15) is 48.1 Å². The smallest absolute Gasteiger partial charge is 0.273 e. The van der Waals surface area contributed by atoms with Gasteiger partial charge in [0.05, 0.1) is 17.2 Å². The molecule has 1 N–H and O–H groups in total. The second kappa shape index (κ2) is 6.42. The SMILES string of the molecule is CC1CN(C(=O)c2csc(C3CCCNC3)n2)CC(C)O1. The van der Waals surface area contributed by atoms with Crippen molar-refractivity contribution in [3.63, 3.8) is 0 Å². The highest BCUT2D eigenvalue weighted by Crippen LogP contribution is 2.27.